The van der Waals surface area contributed by atoms with Crippen LogP contribution >= 0.6 is 0 Å². The molecule has 0 saturated heterocycles. The van der Waals surface area contributed by atoms with E-state index in [0.29, 0.717) is 0 Å². The first kappa shape index (κ1) is 21.4. The quantitative estimate of drug-likeness (QED) is 0.408. The van der Waals surface area contributed by atoms with Crippen molar-refractivity contribution in [3.05, 3.63) is 53.6 Å². The SMILES string of the molecule is CN=C(NCCCc1ccc(OC)c(OC)c1)N(C)Cc1ccc(OC)cc1. The molecule has 0 aliphatic carbocycles. The molecule has 0 aliphatic rings. The van der Waals surface area contributed by atoms with Crippen LogP contribution in [0, 0.1) is 0 Å². The minimum absolute atomic E-state index is 0.755. The van der Waals surface area contributed by atoms with E-state index in [1.807, 2.05) is 31.3 Å². The summed E-state index contributed by atoms with van der Waals surface area (Å²) in [4.78, 5) is 6.49. The maximum atomic E-state index is 5.37. The number of benzene rings is 2. The third-order valence-electron chi connectivity index (χ3n) is 4.53. The fraction of sp³-hybridized carbons (Fsp3) is 0.409. The van der Waals surface area contributed by atoms with Gasteiger partial charge in [-0.25, -0.2) is 0 Å². The lowest BCUT2D eigenvalue weighted by Crippen LogP contribution is -2.39. The average molecular weight is 386 g/mol. The van der Waals surface area contributed by atoms with Crippen molar-refractivity contribution in [3.63, 3.8) is 0 Å². The molecular formula is C22H31N3O3. The maximum absolute atomic E-state index is 5.37. The molecule has 0 unspecified atom stereocenters. The van der Waals surface area contributed by atoms with Crippen molar-refractivity contribution in [1.82, 2.24) is 10.2 Å². The van der Waals surface area contributed by atoms with Gasteiger partial charge in [0.15, 0.2) is 17.5 Å². The van der Waals surface area contributed by atoms with Gasteiger partial charge < -0.3 is 24.4 Å². The molecule has 0 fully saturated rings. The highest BCUT2D eigenvalue weighted by molar-refractivity contribution is 5.79. The Morgan fingerprint density at radius 3 is 2.21 bits per heavy atom. The molecule has 6 heteroatoms. The number of aryl methyl sites for hydroxylation is 1. The van der Waals surface area contributed by atoms with Crippen LogP contribution in [0.15, 0.2) is 47.5 Å². The predicted octanol–water partition coefficient (Wildman–Crippen LogP) is 3.35. The number of methoxy groups -OCH3 is 3. The highest BCUT2D eigenvalue weighted by Crippen LogP contribution is 2.27. The molecule has 0 aromatic heterocycles. The number of ether oxygens (including phenoxy) is 3. The number of hydrogen-bond donors (Lipinski definition) is 1. The predicted molar refractivity (Wildman–Crippen MR) is 114 cm³/mol. The van der Waals surface area contributed by atoms with Crippen LogP contribution in [0.5, 0.6) is 17.2 Å². The molecule has 0 amide bonds. The van der Waals surface area contributed by atoms with E-state index in [0.717, 1.165) is 49.1 Å². The van der Waals surface area contributed by atoms with Gasteiger partial charge in [0.2, 0.25) is 0 Å². The summed E-state index contributed by atoms with van der Waals surface area (Å²) in [6.45, 7) is 1.62. The summed E-state index contributed by atoms with van der Waals surface area (Å²) in [7, 11) is 8.82. The smallest absolute Gasteiger partial charge is 0.193 e. The van der Waals surface area contributed by atoms with Crippen LogP contribution in [0.4, 0.5) is 0 Å². The first-order valence-corrected chi connectivity index (χ1v) is 9.37. The zero-order chi connectivity index (χ0) is 20.4. The zero-order valence-corrected chi connectivity index (χ0v) is 17.5. The standard InChI is InChI=1S/C22H31N3O3/c1-23-22(25(2)16-18-8-11-19(26-3)12-9-18)24-14-6-7-17-10-13-20(27-4)21(15-17)28-5/h8-13,15H,6-7,14,16H2,1-5H3,(H,23,24). The molecule has 0 radical (unpaired) electrons. The Morgan fingerprint density at radius 2 is 1.61 bits per heavy atom. The number of hydrogen-bond acceptors (Lipinski definition) is 4. The summed E-state index contributed by atoms with van der Waals surface area (Å²) < 4.78 is 15.9. The van der Waals surface area contributed by atoms with Gasteiger partial charge in [0, 0.05) is 27.2 Å². The minimum atomic E-state index is 0.755. The Hall–Kier alpha value is -2.89. The first-order valence-electron chi connectivity index (χ1n) is 9.37. The van der Waals surface area contributed by atoms with Gasteiger partial charge in [-0.05, 0) is 48.2 Å². The van der Waals surface area contributed by atoms with Crippen molar-refractivity contribution in [1.29, 1.82) is 0 Å². The largest absolute Gasteiger partial charge is 0.497 e. The van der Waals surface area contributed by atoms with Gasteiger partial charge in [0.1, 0.15) is 5.75 Å². The van der Waals surface area contributed by atoms with E-state index in [4.69, 9.17) is 14.2 Å². The molecular weight excluding hydrogens is 354 g/mol. The summed E-state index contributed by atoms with van der Waals surface area (Å²) in [5.74, 6) is 3.26. The molecule has 152 valence electrons. The Morgan fingerprint density at radius 1 is 0.929 bits per heavy atom. The minimum Gasteiger partial charge on any atom is -0.497 e. The van der Waals surface area contributed by atoms with Crippen LogP contribution in [0.1, 0.15) is 17.5 Å². The van der Waals surface area contributed by atoms with E-state index >= 15 is 0 Å². The topological polar surface area (TPSA) is 55.3 Å². The van der Waals surface area contributed by atoms with Crippen LogP contribution in [0.3, 0.4) is 0 Å². The van der Waals surface area contributed by atoms with Gasteiger partial charge >= 0.3 is 0 Å². The summed E-state index contributed by atoms with van der Waals surface area (Å²) in [5.41, 5.74) is 2.43. The van der Waals surface area contributed by atoms with E-state index in [2.05, 4.69) is 33.4 Å². The van der Waals surface area contributed by atoms with Crippen LogP contribution in [0.25, 0.3) is 0 Å². The number of aliphatic imine (C=N–C) groups is 1. The van der Waals surface area contributed by atoms with E-state index in [1.165, 1.54) is 11.1 Å². The number of nitrogens with one attached hydrogen (secondary N) is 1. The van der Waals surface area contributed by atoms with Crippen LogP contribution < -0.4 is 19.5 Å². The molecule has 28 heavy (non-hydrogen) atoms. The number of rotatable bonds is 9. The normalized spacial score (nSPS) is 11.1. The second-order valence-electron chi connectivity index (χ2n) is 6.47. The van der Waals surface area contributed by atoms with E-state index in [1.54, 1.807) is 28.4 Å². The van der Waals surface area contributed by atoms with Crippen molar-refractivity contribution in [2.75, 3.05) is 42.0 Å². The lowest BCUT2D eigenvalue weighted by molar-refractivity contribution is 0.354. The Bertz CT molecular complexity index is 760. The maximum Gasteiger partial charge on any atom is 0.193 e. The summed E-state index contributed by atoms with van der Waals surface area (Å²) in [6.07, 6.45) is 1.94. The molecule has 2 aromatic carbocycles. The van der Waals surface area contributed by atoms with Crippen LogP contribution in [-0.2, 0) is 13.0 Å². The van der Waals surface area contributed by atoms with Crippen molar-refractivity contribution >= 4 is 5.96 Å². The third-order valence-corrected chi connectivity index (χ3v) is 4.53. The summed E-state index contributed by atoms with van der Waals surface area (Å²) >= 11 is 0. The van der Waals surface area contributed by atoms with Gasteiger partial charge in [-0.15, -0.1) is 0 Å². The second-order valence-corrected chi connectivity index (χ2v) is 6.47. The molecule has 2 rings (SSSR count). The fourth-order valence-electron chi connectivity index (χ4n) is 2.99. The number of nitrogens with zero attached hydrogens (tertiary/aromatic N) is 2. The highest BCUT2D eigenvalue weighted by Gasteiger charge is 2.08. The van der Waals surface area contributed by atoms with Gasteiger partial charge in [-0.2, -0.15) is 0 Å². The van der Waals surface area contributed by atoms with Gasteiger partial charge in [0.25, 0.3) is 0 Å². The van der Waals surface area contributed by atoms with E-state index < -0.39 is 0 Å². The first-order chi connectivity index (χ1) is 13.6. The van der Waals surface area contributed by atoms with Gasteiger partial charge in [-0.1, -0.05) is 18.2 Å². The lowest BCUT2D eigenvalue weighted by Gasteiger charge is -2.22. The number of guanidine groups is 1. The molecule has 2 aromatic rings. The van der Waals surface area contributed by atoms with Gasteiger partial charge in [0.05, 0.1) is 21.3 Å². The Labute approximate surface area is 168 Å². The monoisotopic (exact) mass is 385 g/mol. The van der Waals surface area contributed by atoms with Crippen LogP contribution in [-0.4, -0.2) is 52.8 Å². The molecule has 0 spiro atoms. The van der Waals surface area contributed by atoms with Crippen molar-refractivity contribution in [3.8, 4) is 17.2 Å². The van der Waals surface area contributed by atoms with Crippen molar-refractivity contribution in [2.24, 2.45) is 4.99 Å². The lowest BCUT2D eigenvalue weighted by atomic mass is 10.1. The molecule has 0 aliphatic heterocycles. The fourth-order valence-corrected chi connectivity index (χ4v) is 2.99. The molecule has 6 nitrogen and oxygen atoms in total. The Balaban J connectivity index is 1.81. The molecule has 0 saturated carbocycles. The highest BCUT2D eigenvalue weighted by atomic mass is 16.5. The molecule has 0 atom stereocenters. The zero-order valence-electron chi connectivity index (χ0n) is 17.5. The molecule has 0 bridgehead atoms. The summed E-state index contributed by atoms with van der Waals surface area (Å²) in [6, 6.07) is 14.1. The van der Waals surface area contributed by atoms with Crippen molar-refractivity contribution < 1.29 is 14.2 Å². The second kappa shape index (κ2) is 11.1. The van der Waals surface area contributed by atoms with E-state index in [-0.39, 0.29) is 0 Å². The third kappa shape index (κ3) is 6.08. The van der Waals surface area contributed by atoms with Crippen LogP contribution in [0.2, 0.25) is 0 Å². The average Bonchev–Trinajstić information content (AvgIpc) is 2.74. The van der Waals surface area contributed by atoms with Gasteiger partial charge in [-0.3, -0.25) is 4.99 Å². The molecule has 1 N–H and O–H groups in total. The van der Waals surface area contributed by atoms with Crippen molar-refractivity contribution in [2.45, 2.75) is 19.4 Å². The Kier molecular flexibility index (Phi) is 8.46. The molecule has 0 heterocycles. The van der Waals surface area contributed by atoms with E-state index in [9.17, 15) is 0 Å². The summed E-state index contributed by atoms with van der Waals surface area (Å²) in [5, 5.41) is 3.43.